The van der Waals surface area contributed by atoms with Gasteiger partial charge in [-0.2, -0.15) is 5.10 Å². The number of hydrogen-bond donors (Lipinski definition) is 1. The number of halogens is 1. The van der Waals surface area contributed by atoms with Crippen LogP contribution in [0.4, 0.5) is 0 Å². The molecule has 0 fully saturated rings. The van der Waals surface area contributed by atoms with Crippen molar-refractivity contribution in [2.75, 3.05) is 13.1 Å². The molecule has 4 heteroatoms. The van der Waals surface area contributed by atoms with Crippen LogP contribution in [0.25, 0.3) is 0 Å². The van der Waals surface area contributed by atoms with Gasteiger partial charge in [0.1, 0.15) is 0 Å². The highest BCUT2D eigenvalue weighted by Crippen LogP contribution is 2.24. The lowest BCUT2D eigenvalue weighted by Crippen LogP contribution is -2.29. The van der Waals surface area contributed by atoms with Gasteiger partial charge in [0.05, 0.1) is 16.4 Å². The molecule has 1 aromatic heterocycles. The average Bonchev–Trinajstić information content (AvgIpc) is 2.55. The molecule has 2 atom stereocenters. The van der Waals surface area contributed by atoms with E-state index in [9.17, 15) is 0 Å². The van der Waals surface area contributed by atoms with Gasteiger partial charge in [0.2, 0.25) is 0 Å². The molecule has 1 heterocycles. The standard InChI is InChI=1S/C15H28ClN3/c1-10(2)8-17-9-12(4)11(3)7-14-15(16)13(5)18-19(14)6/h10-12,17H,7-9H2,1-6H3. The Morgan fingerprint density at radius 3 is 2.26 bits per heavy atom. The number of aryl methyl sites for hydroxylation is 2. The maximum absolute atomic E-state index is 6.31. The Balaban J connectivity index is 2.51. The monoisotopic (exact) mass is 285 g/mol. The average molecular weight is 286 g/mol. The predicted octanol–water partition coefficient (Wildman–Crippen LogP) is 3.44. The first-order valence-electron chi connectivity index (χ1n) is 7.21. The highest BCUT2D eigenvalue weighted by Gasteiger charge is 2.18. The van der Waals surface area contributed by atoms with Gasteiger partial charge in [0.25, 0.3) is 0 Å². The molecule has 0 aromatic carbocycles. The molecule has 0 amide bonds. The van der Waals surface area contributed by atoms with Gasteiger partial charge in [0.15, 0.2) is 0 Å². The summed E-state index contributed by atoms with van der Waals surface area (Å²) >= 11 is 6.31. The van der Waals surface area contributed by atoms with Crippen LogP contribution in [0.5, 0.6) is 0 Å². The van der Waals surface area contributed by atoms with E-state index in [1.165, 1.54) is 0 Å². The summed E-state index contributed by atoms with van der Waals surface area (Å²) in [7, 11) is 1.97. The van der Waals surface area contributed by atoms with Gasteiger partial charge < -0.3 is 5.32 Å². The zero-order chi connectivity index (χ0) is 14.6. The topological polar surface area (TPSA) is 29.9 Å². The fraction of sp³-hybridized carbons (Fsp3) is 0.800. The summed E-state index contributed by atoms with van der Waals surface area (Å²) in [6, 6.07) is 0. The van der Waals surface area contributed by atoms with Crippen LogP contribution in [0.15, 0.2) is 0 Å². The van der Waals surface area contributed by atoms with Crippen molar-refractivity contribution in [3.05, 3.63) is 16.4 Å². The van der Waals surface area contributed by atoms with Gasteiger partial charge in [0, 0.05) is 7.05 Å². The van der Waals surface area contributed by atoms with E-state index in [2.05, 4.69) is 38.1 Å². The molecule has 110 valence electrons. The molecule has 3 nitrogen and oxygen atoms in total. The van der Waals surface area contributed by atoms with Crippen molar-refractivity contribution in [3.8, 4) is 0 Å². The Hall–Kier alpha value is -0.540. The molecule has 0 spiro atoms. The Bertz CT molecular complexity index is 398. The van der Waals surface area contributed by atoms with E-state index in [0.29, 0.717) is 17.8 Å². The van der Waals surface area contributed by atoms with Gasteiger partial charge in [-0.3, -0.25) is 4.68 Å². The number of nitrogens with one attached hydrogen (secondary N) is 1. The maximum Gasteiger partial charge on any atom is 0.0847 e. The summed E-state index contributed by atoms with van der Waals surface area (Å²) in [5.41, 5.74) is 2.08. The molecular formula is C15H28ClN3. The molecule has 0 aliphatic carbocycles. The van der Waals surface area contributed by atoms with E-state index in [1.54, 1.807) is 0 Å². The molecule has 0 aliphatic heterocycles. The molecule has 1 aromatic rings. The van der Waals surface area contributed by atoms with Crippen LogP contribution in [0, 0.1) is 24.7 Å². The Morgan fingerprint density at radius 1 is 1.16 bits per heavy atom. The first kappa shape index (κ1) is 16.5. The summed E-state index contributed by atoms with van der Waals surface area (Å²) in [5, 5.41) is 8.74. The summed E-state index contributed by atoms with van der Waals surface area (Å²) < 4.78 is 1.92. The first-order chi connectivity index (χ1) is 8.82. The molecule has 0 bridgehead atoms. The summed E-state index contributed by atoms with van der Waals surface area (Å²) in [5.74, 6) is 1.92. The normalized spacial score (nSPS) is 14.9. The van der Waals surface area contributed by atoms with Crippen molar-refractivity contribution in [2.24, 2.45) is 24.8 Å². The minimum atomic E-state index is 0.590. The van der Waals surface area contributed by atoms with Crippen molar-refractivity contribution in [1.82, 2.24) is 15.1 Å². The van der Waals surface area contributed by atoms with Crippen molar-refractivity contribution >= 4 is 11.6 Å². The van der Waals surface area contributed by atoms with Gasteiger partial charge in [-0.05, 0) is 44.2 Å². The predicted molar refractivity (Wildman–Crippen MR) is 82.7 cm³/mol. The number of nitrogens with zero attached hydrogens (tertiary/aromatic N) is 2. The second-order valence-corrected chi connectivity index (χ2v) is 6.56. The molecule has 0 saturated carbocycles. The molecule has 1 rings (SSSR count). The summed E-state index contributed by atoms with van der Waals surface area (Å²) in [6.07, 6.45) is 0.987. The third kappa shape index (κ3) is 4.81. The Morgan fingerprint density at radius 2 is 1.79 bits per heavy atom. The lowest BCUT2D eigenvalue weighted by atomic mass is 9.91. The minimum Gasteiger partial charge on any atom is -0.316 e. The SMILES string of the molecule is Cc1nn(C)c(CC(C)C(C)CNCC(C)C)c1Cl. The molecule has 0 saturated heterocycles. The lowest BCUT2D eigenvalue weighted by molar-refractivity contribution is 0.352. The van der Waals surface area contributed by atoms with Crippen LogP contribution >= 0.6 is 11.6 Å². The fourth-order valence-corrected chi connectivity index (χ4v) is 2.45. The fourth-order valence-electron chi connectivity index (χ4n) is 2.21. The third-order valence-corrected chi connectivity index (χ3v) is 4.26. The first-order valence-corrected chi connectivity index (χ1v) is 7.59. The van der Waals surface area contributed by atoms with Crippen LogP contribution in [0.3, 0.4) is 0 Å². The van der Waals surface area contributed by atoms with Gasteiger partial charge in [-0.1, -0.05) is 39.3 Å². The second-order valence-electron chi connectivity index (χ2n) is 6.18. The smallest absolute Gasteiger partial charge is 0.0847 e. The van der Waals surface area contributed by atoms with E-state index in [4.69, 9.17) is 11.6 Å². The van der Waals surface area contributed by atoms with Crippen LogP contribution in [-0.4, -0.2) is 22.9 Å². The zero-order valence-electron chi connectivity index (χ0n) is 13.1. The van der Waals surface area contributed by atoms with Crippen LogP contribution in [0.2, 0.25) is 5.02 Å². The third-order valence-electron chi connectivity index (χ3n) is 3.77. The second kappa shape index (κ2) is 7.30. The molecule has 1 N–H and O–H groups in total. The van der Waals surface area contributed by atoms with Crippen LogP contribution in [0.1, 0.15) is 39.1 Å². The lowest BCUT2D eigenvalue weighted by Gasteiger charge is -2.21. The molecule has 0 aliphatic rings. The Kier molecular flexibility index (Phi) is 6.34. The summed E-state index contributed by atoms with van der Waals surface area (Å²) in [4.78, 5) is 0. The number of aromatic nitrogens is 2. The molecule has 0 radical (unpaired) electrons. The summed E-state index contributed by atoms with van der Waals surface area (Å²) in [6.45, 7) is 13.2. The van der Waals surface area contributed by atoms with E-state index >= 15 is 0 Å². The Labute approximate surface area is 122 Å². The van der Waals surface area contributed by atoms with Crippen molar-refractivity contribution in [3.63, 3.8) is 0 Å². The highest BCUT2D eigenvalue weighted by atomic mass is 35.5. The molecule has 19 heavy (non-hydrogen) atoms. The molecule has 2 unspecified atom stereocenters. The largest absolute Gasteiger partial charge is 0.316 e. The van der Waals surface area contributed by atoms with Crippen molar-refractivity contribution in [1.29, 1.82) is 0 Å². The number of rotatable bonds is 7. The van der Waals surface area contributed by atoms with Crippen molar-refractivity contribution in [2.45, 2.75) is 41.0 Å². The van der Waals surface area contributed by atoms with E-state index < -0.39 is 0 Å². The zero-order valence-corrected chi connectivity index (χ0v) is 13.9. The van der Waals surface area contributed by atoms with E-state index in [-0.39, 0.29) is 0 Å². The maximum atomic E-state index is 6.31. The van der Waals surface area contributed by atoms with Crippen LogP contribution < -0.4 is 5.32 Å². The van der Waals surface area contributed by atoms with Gasteiger partial charge in [-0.15, -0.1) is 0 Å². The van der Waals surface area contributed by atoms with Gasteiger partial charge >= 0.3 is 0 Å². The molecular weight excluding hydrogens is 258 g/mol. The van der Waals surface area contributed by atoms with Gasteiger partial charge in [-0.25, -0.2) is 0 Å². The number of hydrogen-bond acceptors (Lipinski definition) is 2. The highest BCUT2D eigenvalue weighted by molar-refractivity contribution is 6.31. The van der Waals surface area contributed by atoms with Crippen molar-refractivity contribution < 1.29 is 0 Å². The quantitative estimate of drug-likeness (QED) is 0.832. The minimum absolute atomic E-state index is 0.590. The van der Waals surface area contributed by atoms with Crippen LogP contribution in [-0.2, 0) is 13.5 Å². The van der Waals surface area contributed by atoms with E-state index in [0.717, 1.165) is 35.9 Å². The van der Waals surface area contributed by atoms with E-state index in [1.807, 2.05) is 18.7 Å².